The van der Waals surface area contributed by atoms with E-state index in [2.05, 4.69) is 15.6 Å². The normalized spacial score (nSPS) is 9.78. The minimum absolute atomic E-state index is 0.170. The number of nitrogens with one attached hydrogen (secondary N) is 2. The van der Waals surface area contributed by atoms with E-state index in [9.17, 15) is 14.4 Å². The molecule has 0 saturated carbocycles. The summed E-state index contributed by atoms with van der Waals surface area (Å²) in [5.41, 5.74) is 1.80. The Balaban J connectivity index is 1.89. The molecule has 0 unspecified atom stereocenters. The highest BCUT2D eigenvalue weighted by atomic mass is 16.2. The standard InChI is InChI=1S/C21H15N3O3/c25-14-22-19-12-15(20(26)23-17-7-3-1-4-8-17)11-16(13-19)21(27)24-18-9-5-2-6-10-18/h1-13H,(H,23,26)(H,24,27). The van der Waals surface area contributed by atoms with E-state index in [1.807, 2.05) is 12.1 Å². The minimum Gasteiger partial charge on any atom is -0.322 e. The van der Waals surface area contributed by atoms with Crippen LogP contribution in [-0.2, 0) is 4.79 Å². The highest BCUT2D eigenvalue weighted by molar-refractivity contribution is 6.09. The largest absolute Gasteiger partial charge is 0.322 e. The maximum absolute atomic E-state index is 12.5. The van der Waals surface area contributed by atoms with Crippen LogP contribution in [0.5, 0.6) is 0 Å². The van der Waals surface area contributed by atoms with Gasteiger partial charge < -0.3 is 10.6 Å². The van der Waals surface area contributed by atoms with E-state index in [1.54, 1.807) is 48.5 Å². The van der Waals surface area contributed by atoms with Crippen LogP contribution >= 0.6 is 0 Å². The van der Waals surface area contributed by atoms with E-state index in [0.717, 1.165) is 0 Å². The molecular formula is C21H15N3O3. The molecule has 0 aliphatic carbocycles. The van der Waals surface area contributed by atoms with Crippen LogP contribution in [0.15, 0.2) is 83.9 Å². The summed E-state index contributed by atoms with van der Waals surface area (Å²) in [6.45, 7) is 0. The molecule has 6 nitrogen and oxygen atoms in total. The van der Waals surface area contributed by atoms with Crippen molar-refractivity contribution in [3.8, 4) is 0 Å². The topological polar surface area (TPSA) is 87.6 Å². The Kier molecular flexibility index (Phi) is 5.52. The highest BCUT2D eigenvalue weighted by Gasteiger charge is 2.14. The summed E-state index contributed by atoms with van der Waals surface area (Å²) in [7, 11) is 0. The molecule has 0 aliphatic heterocycles. The van der Waals surface area contributed by atoms with E-state index < -0.39 is 11.8 Å². The van der Waals surface area contributed by atoms with Crippen molar-refractivity contribution < 1.29 is 14.4 Å². The van der Waals surface area contributed by atoms with Crippen molar-refractivity contribution in [3.05, 3.63) is 90.0 Å². The maximum Gasteiger partial charge on any atom is 0.255 e. The third kappa shape index (κ3) is 4.75. The Labute approximate surface area is 155 Å². The lowest BCUT2D eigenvalue weighted by molar-refractivity contribution is 0.102. The smallest absolute Gasteiger partial charge is 0.255 e. The SMILES string of the molecule is O=C=Nc1cc(C(=O)Nc2ccccc2)cc(C(=O)Nc2ccccc2)c1. The molecule has 0 radical (unpaired) electrons. The fraction of sp³-hybridized carbons (Fsp3) is 0. The zero-order valence-corrected chi connectivity index (χ0v) is 14.2. The average molecular weight is 357 g/mol. The number of carbonyl (C=O) groups is 2. The van der Waals surface area contributed by atoms with Crippen LogP contribution < -0.4 is 10.6 Å². The van der Waals surface area contributed by atoms with Crippen LogP contribution in [-0.4, -0.2) is 17.9 Å². The van der Waals surface area contributed by atoms with Crippen molar-refractivity contribution >= 4 is 35.0 Å². The third-order valence-electron chi connectivity index (χ3n) is 3.68. The monoisotopic (exact) mass is 357 g/mol. The first kappa shape index (κ1) is 17.8. The second-order valence-electron chi connectivity index (χ2n) is 5.61. The van der Waals surface area contributed by atoms with Crippen molar-refractivity contribution in [3.63, 3.8) is 0 Å². The maximum atomic E-state index is 12.5. The summed E-state index contributed by atoms with van der Waals surface area (Å²) >= 11 is 0. The minimum atomic E-state index is -0.419. The lowest BCUT2D eigenvalue weighted by atomic mass is 10.1. The number of benzene rings is 3. The molecule has 132 valence electrons. The van der Waals surface area contributed by atoms with Gasteiger partial charge >= 0.3 is 0 Å². The number of nitrogens with zero attached hydrogens (tertiary/aromatic N) is 1. The fourth-order valence-electron chi connectivity index (χ4n) is 2.44. The van der Waals surface area contributed by atoms with Gasteiger partial charge in [-0.05, 0) is 42.5 Å². The molecule has 0 fully saturated rings. The number of amides is 2. The van der Waals surface area contributed by atoms with E-state index in [1.165, 1.54) is 24.3 Å². The Morgan fingerprint density at radius 2 is 1.15 bits per heavy atom. The van der Waals surface area contributed by atoms with Gasteiger partial charge in [-0.25, -0.2) is 4.79 Å². The number of hydrogen-bond donors (Lipinski definition) is 2. The lowest BCUT2D eigenvalue weighted by Gasteiger charge is -2.09. The fourth-order valence-corrected chi connectivity index (χ4v) is 2.44. The molecule has 3 aromatic carbocycles. The number of para-hydroxylation sites is 2. The van der Waals surface area contributed by atoms with Crippen LogP contribution in [0.2, 0.25) is 0 Å². The van der Waals surface area contributed by atoms with Gasteiger partial charge in [0.15, 0.2) is 0 Å². The summed E-state index contributed by atoms with van der Waals surface area (Å²) in [4.78, 5) is 39.2. The Hall–Kier alpha value is -4.02. The van der Waals surface area contributed by atoms with Gasteiger partial charge in [0, 0.05) is 22.5 Å². The molecule has 27 heavy (non-hydrogen) atoms. The Morgan fingerprint density at radius 1 is 0.704 bits per heavy atom. The van der Waals surface area contributed by atoms with Crippen LogP contribution in [0.3, 0.4) is 0 Å². The first-order valence-electron chi connectivity index (χ1n) is 8.11. The molecule has 0 atom stereocenters. The molecule has 0 bridgehead atoms. The van der Waals surface area contributed by atoms with E-state index in [-0.39, 0.29) is 16.8 Å². The molecule has 6 heteroatoms. The Morgan fingerprint density at radius 3 is 1.56 bits per heavy atom. The zero-order valence-electron chi connectivity index (χ0n) is 14.2. The number of hydrogen-bond acceptors (Lipinski definition) is 4. The predicted octanol–water partition coefficient (Wildman–Crippen LogP) is 4.16. The number of isocyanates is 1. The predicted molar refractivity (Wildman–Crippen MR) is 103 cm³/mol. The third-order valence-corrected chi connectivity index (χ3v) is 3.68. The summed E-state index contributed by atoms with van der Waals surface area (Å²) in [5, 5.41) is 5.47. The second-order valence-corrected chi connectivity index (χ2v) is 5.61. The summed E-state index contributed by atoms with van der Waals surface area (Å²) in [6.07, 6.45) is 1.43. The summed E-state index contributed by atoms with van der Waals surface area (Å²) in [6, 6.07) is 22.1. The van der Waals surface area contributed by atoms with Crippen molar-refractivity contribution in [2.75, 3.05) is 10.6 Å². The average Bonchev–Trinajstić information content (AvgIpc) is 2.69. The van der Waals surface area contributed by atoms with Crippen LogP contribution in [0, 0.1) is 0 Å². The molecule has 3 rings (SSSR count). The lowest BCUT2D eigenvalue weighted by Crippen LogP contribution is -2.15. The van der Waals surface area contributed by atoms with E-state index in [4.69, 9.17) is 0 Å². The summed E-state index contributed by atoms with van der Waals surface area (Å²) in [5.74, 6) is -0.837. The molecule has 2 N–H and O–H groups in total. The molecule has 0 spiro atoms. The van der Waals surface area contributed by atoms with Gasteiger partial charge in [-0.2, -0.15) is 4.99 Å². The van der Waals surface area contributed by atoms with Gasteiger partial charge in [0.2, 0.25) is 6.08 Å². The second kappa shape index (κ2) is 8.38. The molecule has 3 aromatic rings. The molecule has 2 amide bonds. The van der Waals surface area contributed by atoms with Crippen molar-refractivity contribution in [2.45, 2.75) is 0 Å². The molecule has 0 aliphatic rings. The zero-order chi connectivity index (χ0) is 19.1. The number of rotatable bonds is 5. The van der Waals surface area contributed by atoms with Gasteiger partial charge in [0.05, 0.1) is 5.69 Å². The molecule has 0 heterocycles. The summed E-state index contributed by atoms with van der Waals surface area (Å²) < 4.78 is 0. The Bertz CT molecular complexity index is 940. The van der Waals surface area contributed by atoms with Gasteiger partial charge in [-0.1, -0.05) is 36.4 Å². The molecule has 0 saturated heterocycles. The van der Waals surface area contributed by atoms with Gasteiger partial charge in [-0.15, -0.1) is 0 Å². The van der Waals surface area contributed by atoms with Crippen LogP contribution in [0.25, 0.3) is 0 Å². The number of anilines is 2. The number of carbonyl (C=O) groups excluding carboxylic acids is 3. The van der Waals surface area contributed by atoms with Gasteiger partial charge in [-0.3, -0.25) is 9.59 Å². The molecule has 0 aromatic heterocycles. The van der Waals surface area contributed by atoms with E-state index in [0.29, 0.717) is 11.4 Å². The highest BCUT2D eigenvalue weighted by Crippen LogP contribution is 2.20. The van der Waals surface area contributed by atoms with E-state index >= 15 is 0 Å². The first-order chi connectivity index (χ1) is 13.2. The van der Waals surface area contributed by atoms with Crippen molar-refractivity contribution in [1.29, 1.82) is 0 Å². The first-order valence-corrected chi connectivity index (χ1v) is 8.11. The van der Waals surface area contributed by atoms with Crippen LogP contribution in [0.1, 0.15) is 20.7 Å². The van der Waals surface area contributed by atoms with Crippen molar-refractivity contribution in [2.24, 2.45) is 4.99 Å². The van der Waals surface area contributed by atoms with Crippen molar-refractivity contribution in [1.82, 2.24) is 0 Å². The quantitative estimate of drug-likeness (QED) is 0.531. The van der Waals surface area contributed by atoms with Gasteiger partial charge in [0.1, 0.15) is 0 Å². The number of aliphatic imine (C=N–C) groups is 1. The molecular weight excluding hydrogens is 342 g/mol. The van der Waals surface area contributed by atoms with Crippen LogP contribution in [0.4, 0.5) is 17.1 Å². The van der Waals surface area contributed by atoms with Gasteiger partial charge in [0.25, 0.3) is 11.8 Å².